The van der Waals surface area contributed by atoms with Crippen molar-refractivity contribution in [2.75, 3.05) is 5.32 Å². The molecular weight excluding hydrogens is 351 g/mol. The Kier molecular flexibility index (Phi) is 4.53. The molecule has 0 atom stereocenters. The van der Waals surface area contributed by atoms with E-state index in [4.69, 9.17) is 0 Å². The predicted octanol–water partition coefficient (Wildman–Crippen LogP) is 3.73. The van der Waals surface area contributed by atoms with Gasteiger partial charge in [-0.15, -0.1) is 13.2 Å². The molecule has 9 heteroatoms. The molecule has 1 heterocycles. The molecule has 6 nitrogen and oxygen atoms in total. The number of halogens is 3. The summed E-state index contributed by atoms with van der Waals surface area (Å²) >= 11 is 0. The van der Waals surface area contributed by atoms with E-state index in [9.17, 15) is 23.1 Å². The fraction of sp³-hybridized carbons (Fsp3) is 0.0588. The van der Waals surface area contributed by atoms with Crippen molar-refractivity contribution < 1.29 is 27.8 Å². The fourth-order valence-electron chi connectivity index (χ4n) is 2.20. The van der Waals surface area contributed by atoms with Crippen molar-refractivity contribution in [2.24, 2.45) is 0 Å². The zero-order valence-corrected chi connectivity index (χ0v) is 13.1. The molecule has 2 N–H and O–H groups in total. The van der Waals surface area contributed by atoms with Crippen molar-refractivity contribution in [2.45, 2.75) is 6.36 Å². The van der Waals surface area contributed by atoms with E-state index in [0.29, 0.717) is 5.69 Å². The van der Waals surface area contributed by atoms with Gasteiger partial charge in [0.1, 0.15) is 5.75 Å². The van der Waals surface area contributed by atoms with E-state index in [1.807, 2.05) is 0 Å². The van der Waals surface area contributed by atoms with Crippen LogP contribution in [-0.4, -0.2) is 27.2 Å². The zero-order chi connectivity index (χ0) is 18.7. The molecule has 0 saturated carbocycles. The van der Waals surface area contributed by atoms with Gasteiger partial charge >= 0.3 is 6.36 Å². The minimum Gasteiger partial charge on any atom is -0.504 e. The summed E-state index contributed by atoms with van der Waals surface area (Å²) in [5.74, 6) is -1.62. The number of aromatic hydroxyl groups is 1. The average Bonchev–Trinajstić information content (AvgIpc) is 2.96. The molecule has 1 amide bonds. The highest BCUT2D eigenvalue weighted by molar-refractivity contribution is 6.04. The van der Waals surface area contributed by atoms with Crippen LogP contribution in [-0.2, 0) is 0 Å². The number of anilines is 1. The molecule has 3 rings (SSSR count). The first kappa shape index (κ1) is 17.3. The highest BCUT2D eigenvalue weighted by Crippen LogP contribution is 2.26. The molecule has 134 valence electrons. The number of para-hydroxylation sites is 1. The molecule has 3 aromatic rings. The first-order valence-electron chi connectivity index (χ1n) is 7.33. The number of nitrogens with zero attached hydrogens (tertiary/aromatic N) is 2. The third-order valence-corrected chi connectivity index (χ3v) is 3.26. The molecular formula is C17H12F3N3O3. The van der Waals surface area contributed by atoms with Gasteiger partial charge in [-0.1, -0.05) is 24.3 Å². The predicted molar refractivity (Wildman–Crippen MR) is 86.3 cm³/mol. The van der Waals surface area contributed by atoms with E-state index >= 15 is 0 Å². The van der Waals surface area contributed by atoms with Gasteiger partial charge in [0.2, 0.25) is 0 Å². The molecule has 0 aliphatic carbocycles. The Bertz CT molecular complexity index is 924. The van der Waals surface area contributed by atoms with Crippen LogP contribution >= 0.6 is 0 Å². The van der Waals surface area contributed by atoms with Crippen LogP contribution < -0.4 is 10.1 Å². The number of nitrogens with one attached hydrogen (secondary N) is 1. The first-order valence-corrected chi connectivity index (χ1v) is 7.33. The van der Waals surface area contributed by atoms with E-state index in [2.05, 4.69) is 15.2 Å². The van der Waals surface area contributed by atoms with Crippen molar-refractivity contribution in [1.82, 2.24) is 9.78 Å². The molecule has 1 aromatic heterocycles. The third-order valence-electron chi connectivity index (χ3n) is 3.26. The van der Waals surface area contributed by atoms with Crippen molar-refractivity contribution in [3.05, 3.63) is 66.5 Å². The monoisotopic (exact) mass is 363 g/mol. The van der Waals surface area contributed by atoms with Crippen LogP contribution in [0.15, 0.2) is 60.8 Å². The van der Waals surface area contributed by atoms with E-state index in [-0.39, 0.29) is 17.1 Å². The summed E-state index contributed by atoms with van der Waals surface area (Å²) in [6, 6.07) is 13.6. The van der Waals surface area contributed by atoms with Crippen LogP contribution in [0.4, 0.5) is 18.9 Å². The number of ether oxygens (including phenoxy) is 1. The summed E-state index contributed by atoms with van der Waals surface area (Å²) in [6.45, 7) is 0. The van der Waals surface area contributed by atoms with E-state index in [0.717, 1.165) is 12.1 Å². The second-order valence-electron chi connectivity index (χ2n) is 5.17. The number of rotatable bonds is 4. The second kappa shape index (κ2) is 6.79. The van der Waals surface area contributed by atoms with Crippen molar-refractivity contribution in [1.29, 1.82) is 0 Å². The molecule has 0 unspecified atom stereocenters. The molecule has 0 aliphatic heterocycles. The Morgan fingerprint density at radius 3 is 2.54 bits per heavy atom. The topological polar surface area (TPSA) is 76.4 Å². The molecule has 0 radical (unpaired) electrons. The molecule has 0 saturated heterocycles. The lowest BCUT2D eigenvalue weighted by atomic mass is 10.3. The number of carbonyl (C=O) groups excluding carboxylic acids is 1. The molecule has 0 bridgehead atoms. The number of amides is 1. The van der Waals surface area contributed by atoms with Gasteiger partial charge in [0.25, 0.3) is 5.91 Å². The second-order valence-corrected chi connectivity index (χ2v) is 5.17. The number of hydrogen-bond donors (Lipinski definition) is 2. The average molecular weight is 363 g/mol. The van der Waals surface area contributed by atoms with Crippen LogP contribution in [0.5, 0.6) is 11.5 Å². The summed E-state index contributed by atoms with van der Waals surface area (Å²) in [6.07, 6.45) is -3.58. The third kappa shape index (κ3) is 4.12. The number of carbonyl (C=O) groups is 1. The summed E-state index contributed by atoms with van der Waals surface area (Å²) < 4.78 is 41.9. The van der Waals surface area contributed by atoms with E-state index in [1.165, 1.54) is 23.0 Å². The van der Waals surface area contributed by atoms with Crippen LogP contribution in [0.2, 0.25) is 0 Å². The summed E-state index contributed by atoms with van der Waals surface area (Å²) in [5, 5.41) is 16.3. The van der Waals surface area contributed by atoms with Gasteiger partial charge in [-0.25, -0.2) is 4.68 Å². The van der Waals surface area contributed by atoms with Crippen molar-refractivity contribution in [3.8, 4) is 17.2 Å². The maximum atomic E-state index is 12.3. The maximum absolute atomic E-state index is 12.3. The van der Waals surface area contributed by atoms with Gasteiger partial charge in [-0.2, -0.15) is 5.10 Å². The Morgan fingerprint density at radius 2 is 1.85 bits per heavy atom. The van der Waals surface area contributed by atoms with Crippen LogP contribution in [0.3, 0.4) is 0 Å². The first-order chi connectivity index (χ1) is 12.3. The minimum absolute atomic E-state index is 0.0606. The van der Waals surface area contributed by atoms with Gasteiger partial charge in [-0.3, -0.25) is 4.79 Å². The number of hydrogen-bond acceptors (Lipinski definition) is 4. The minimum atomic E-state index is -4.84. The van der Waals surface area contributed by atoms with Gasteiger partial charge in [0.15, 0.2) is 11.4 Å². The van der Waals surface area contributed by atoms with Gasteiger partial charge in [-0.05, 0) is 24.3 Å². The van der Waals surface area contributed by atoms with E-state index < -0.39 is 18.0 Å². The molecule has 0 aliphatic rings. The van der Waals surface area contributed by atoms with Gasteiger partial charge < -0.3 is 15.2 Å². The normalized spacial score (nSPS) is 11.2. The van der Waals surface area contributed by atoms with Crippen LogP contribution in [0, 0.1) is 0 Å². The van der Waals surface area contributed by atoms with Gasteiger partial charge in [0.05, 0.1) is 11.9 Å². The van der Waals surface area contributed by atoms with Gasteiger partial charge in [0, 0.05) is 11.8 Å². The summed E-state index contributed by atoms with van der Waals surface area (Å²) in [4.78, 5) is 12.3. The lowest BCUT2D eigenvalue weighted by Gasteiger charge is -2.10. The summed E-state index contributed by atoms with van der Waals surface area (Å²) in [7, 11) is 0. The molecule has 0 spiro atoms. The molecule has 26 heavy (non-hydrogen) atoms. The highest BCUT2D eigenvalue weighted by atomic mass is 19.4. The Hall–Kier alpha value is -3.49. The summed E-state index contributed by atoms with van der Waals surface area (Å²) in [5.41, 5.74) is 0.420. The van der Waals surface area contributed by atoms with Crippen LogP contribution in [0.25, 0.3) is 5.69 Å². The smallest absolute Gasteiger partial charge is 0.504 e. The number of aromatic nitrogens is 2. The molecule has 2 aromatic carbocycles. The highest BCUT2D eigenvalue weighted by Gasteiger charge is 2.31. The fourth-order valence-corrected chi connectivity index (χ4v) is 2.20. The Labute approximate surface area is 145 Å². The van der Waals surface area contributed by atoms with Crippen LogP contribution in [0.1, 0.15) is 10.5 Å². The SMILES string of the molecule is O=C(Nc1cccc(OC(F)(F)F)c1)c1nn(-c2ccccc2)cc1O. The lowest BCUT2D eigenvalue weighted by Crippen LogP contribution is -2.17. The lowest BCUT2D eigenvalue weighted by molar-refractivity contribution is -0.274. The standard InChI is InChI=1S/C17H12F3N3O3/c18-17(19,20)26-13-8-4-5-11(9-13)21-16(25)15-14(24)10-23(22-15)12-6-2-1-3-7-12/h1-10,24H,(H,21,25). The quantitative estimate of drug-likeness (QED) is 0.741. The Morgan fingerprint density at radius 1 is 1.12 bits per heavy atom. The van der Waals surface area contributed by atoms with E-state index in [1.54, 1.807) is 30.3 Å². The van der Waals surface area contributed by atoms with Crippen molar-refractivity contribution in [3.63, 3.8) is 0 Å². The largest absolute Gasteiger partial charge is 0.573 e. The Balaban J connectivity index is 1.79. The maximum Gasteiger partial charge on any atom is 0.573 e. The molecule has 0 fully saturated rings. The zero-order valence-electron chi connectivity index (χ0n) is 13.1. The van der Waals surface area contributed by atoms with Crippen molar-refractivity contribution >= 4 is 11.6 Å². The number of benzene rings is 2. The number of alkyl halides is 3.